The Kier molecular flexibility index (Phi) is 7.10. The number of thiophene rings is 1. The molecule has 0 bridgehead atoms. The number of ether oxygens (including phenoxy) is 1. The van der Waals surface area contributed by atoms with E-state index in [0.717, 1.165) is 43.1 Å². The molecular formula is C22H31N3O2S. The Morgan fingerprint density at radius 1 is 1.21 bits per heavy atom. The number of benzene rings is 1. The van der Waals surface area contributed by atoms with Gasteiger partial charge in [0.15, 0.2) is 6.61 Å². The van der Waals surface area contributed by atoms with Crippen LogP contribution in [0.1, 0.15) is 28.3 Å². The number of aryl methyl sites for hydroxylation is 2. The van der Waals surface area contributed by atoms with Crippen LogP contribution in [-0.2, 0) is 4.79 Å². The van der Waals surface area contributed by atoms with Gasteiger partial charge in [0.05, 0.1) is 6.04 Å². The predicted octanol–water partition coefficient (Wildman–Crippen LogP) is 3.16. The summed E-state index contributed by atoms with van der Waals surface area (Å²) < 4.78 is 5.81. The monoisotopic (exact) mass is 401 g/mol. The highest BCUT2D eigenvalue weighted by molar-refractivity contribution is 7.07. The summed E-state index contributed by atoms with van der Waals surface area (Å²) in [5, 5.41) is 7.37. The zero-order chi connectivity index (χ0) is 20.1. The SMILES string of the molecule is Cc1cc(C)c(C)c(OCC(=O)NCC(c2ccsc2)N2CCN(C)CC2)c1. The minimum atomic E-state index is -0.0760. The molecule has 6 heteroatoms. The number of nitrogens with zero attached hydrogens (tertiary/aromatic N) is 2. The van der Waals surface area contributed by atoms with Crippen LogP contribution in [0.2, 0.25) is 0 Å². The molecule has 1 N–H and O–H groups in total. The van der Waals surface area contributed by atoms with Crippen LogP contribution in [0.15, 0.2) is 29.0 Å². The zero-order valence-corrected chi connectivity index (χ0v) is 18.1. The van der Waals surface area contributed by atoms with Crippen molar-refractivity contribution in [1.29, 1.82) is 0 Å². The summed E-state index contributed by atoms with van der Waals surface area (Å²) in [5.74, 6) is 0.717. The fraction of sp³-hybridized carbons (Fsp3) is 0.500. The second-order valence-corrected chi connectivity index (χ2v) is 8.49. The maximum atomic E-state index is 12.4. The van der Waals surface area contributed by atoms with Gasteiger partial charge in [-0.15, -0.1) is 0 Å². The van der Waals surface area contributed by atoms with Crippen LogP contribution in [0.4, 0.5) is 0 Å². The van der Waals surface area contributed by atoms with E-state index in [1.807, 2.05) is 19.9 Å². The molecule has 0 radical (unpaired) electrons. The van der Waals surface area contributed by atoms with Crippen LogP contribution in [0.25, 0.3) is 0 Å². The Hall–Kier alpha value is -1.89. The molecule has 152 valence electrons. The van der Waals surface area contributed by atoms with E-state index in [0.29, 0.717) is 6.54 Å². The van der Waals surface area contributed by atoms with Gasteiger partial charge in [0, 0.05) is 32.7 Å². The number of hydrogen-bond donors (Lipinski definition) is 1. The lowest BCUT2D eigenvalue weighted by Crippen LogP contribution is -2.48. The number of piperazine rings is 1. The first-order chi connectivity index (χ1) is 13.4. The highest BCUT2D eigenvalue weighted by Crippen LogP contribution is 2.24. The second-order valence-electron chi connectivity index (χ2n) is 7.71. The van der Waals surface area contributed by atoms with Crippen LogP contribution in [0, 0.1) is 20.8 Å². The molecule has 1 aromatic carbocycles. The van der Waals surface area contributed by atoms with E-state index in [4.69, 9.17) is 4.74 Å². The molecule has 1 aromatic heterocycles. The molecule has 28 heavy (non-hydrogen) atoms. The summed E-state index contributed by atoms with van der Waals surface area (Å²) in [7, 11) is 2.16. The molecule has 1 atom stereocenters. The number of carbonyl (C=O) groups excluding carboxylic acids is 1. The average Bonchev–Trinajstić information content (AvgIpc) is 3.19. The van der Waals surface area contributed by atoms with Crippen LogP contribution in [0.5, 0.6) is 5.75 Å². The van der Waals surface area contributed by atoms with Crippen LogP contribution >= 0.6 is 11.3 Å². The molecule has 0 saturated carbocycles. The van der Waals surface area contributed by atoms with Crippen molar-refractivity contribution in [1.82, 2.24) is 15.1 Å². The smallest absolute Gasteiger partial charge is 0.258 e. The second kappa shape index (κ2) is 9.54. The standard InChI is InChI=1S/C22H31N3O2S/c1-16-11-17(2)18(3)21(12-16)27-14-22(26)23-13-20(19-5-10-28-15-19)25-8-6-24(4)7-9-25/h5,10-12,15,20H,6-9,13-14H2,1-4H3,(H,23,26). The Balaban J connectivity index is 1.57. The summed E-state index contributed by atoms with van der Waals surface area (Å²) in [5.41, 5.74) is 4.70. The van der Waals surface area contributed by atoms with Gasteiger partial charge in [-0.3, -0.25) is 9.69 Å². The average molecular weight is 402 g/mol. The fourth-order valence-electron chi connectivity index (χ4n) is 3.61. The van der Waals surface area contributed by atoms with Gasteiger partial charge in [-0.2, -0.15) is 11.3 Å². The maximum absolute atomic E-state index is 12.4. The minimum absolute atomic E-state index is 0.0445. The van der Waals surface area contributed by atoms with Gasteiger partial charge in [-0.05, 0) is 73.0 Å². The fourth-order valence-corrected chi connectivity index (χ4v) is 4.32. The Bertz CT molecular complexity index is 783. The van der Waals surface area contributed by atoms with E-state index in [2.05, 4.69) is 52.0 Å². The van der Waals surface area contributed by atoms with Gasteiger partial charge in [0.1, 0.15) is 5.75 Å². The van der Waals surface area contributed by atoms with E-state index >= 15 is 0 Å². The number of likely N-dealkylation sites (N-methyl/N-ethyl adjacent to an activating group) is 1. The number of hydrogen-bond acceptors (Lipinski definition) is 5. The first-order valence-corrected chi connectivity index (χ1v) is 10.8. The molecule has 1 saturated heterocycles. The highest BCUT2D eigenvalue weighted by Gasteiger charge is 2.24. The van der Waals surface area contributed by atoms with Gasteiger partial charge in [0.2, 0.25) is 0 Å². The van der Waals surface area contributed by atoms with Crippen LogP contribution in [-0.4, -0.2) is 62.1 Å². The maximum Gasteiger partial charge on any atom is 0.258 e. The quantitative estimate of drug-likeness (QED) is 0.774. The van der Waals surface area contributed by atoms with Crippen molar-refractivity contribution in [3.8, 4) is 5.75 Å². The topological polar surface area (TPSA) is 44.8 Å². The van der Waals surface area contributed by atoms with E-state index in [1.165, 1.54) is 11.1 Å². The third-order valence-electron chi connectivity index (χ3n) is 5.52. The van der Waals surface area contributed by atoms with E-state index in [-0.39, 0.29) is 18.6 Å². The first-order valence-electron chi connectivity index (χ1n) is 9.86. The number of nitrogens with one attached hydrogen (secondary N) is 1. The summed E-state index contributed by atoms with van der Waals surface area (Å²) in [6.07, 6.45) is 0. The minimum Gasteiger partial charge on any atom is -0.483 e. The molecule has 1 unspecified atom stereocenters. The summed E-state index contributed by atoms with van der Waals surface area (Å²) in [6.45, 7) is 10.9. The van der Waals surface area contributed by atoms with Crippen molar-refractivity contribution in [2.45, 2.75) is 26.8 Å². The third-order valence-corrected chi connectivity index (χ3v) is 6.22. The molecule has 1 aliphatic rings. The molecule has 1 amide bonds. The predicted molar refractivity (Wildman–Crippen MR) is 115 cm³/mol. The summed E-state index contributed by atoms with van der Waals surface area (Å²) in [6, 6.07) is 6.50. The van der Waals surface area contributed by atoms with Crippen LogP contribution in [0.3, 0.4) is 0 Å². The summed E-state index contributed by atoms with van der Waals surface area (Å²) in [4.78, 5) is 17.3. The van der Waals surface area contributed by atoms with Gasteiger partial charge >= 0.3 is 0 Å². The van der Waals surface area contributed by atoms with E-state index < -0.39 is 0 Å². The first kappa shape index (κ1) is 20.8. The molecule has 2 aromatic rings. The molecule has 1 aliphatic heterocycles. The lowest BCUT2D eigenvalue weighted by Gasteiger charge is -2.38. The van der Waals surface area contributed by atoms with E-state index in [1.54, 1.807) is 11.3 Å². The Morgan fingerprint density at radius 2 is 1.96 bits per heavy atom. The Labute approximate surface area is 172 Å². The zero-order valence-electron chi connectivity index (χ0n) is 17.3. The molecule has 0 spiro atoms. The van der Waals surface area contributed by atoms with Crippen molar-refractivity contribution in [2.75, 3.05) is 46.4 Å². The van der Waals surface area contributed by atoms with Gasteiger partial charge in [0.25, 0.3) is 5.91 Å². The van der Waals surface area contributed by atoms with Crippen molar-refractivity contribution < 1.29 is 9.53 Å². The Morgan fingerprint density at radius 3 is 2.64 bits per heavy atom. The summed E-state index contributed by atoms with van der Waals surface area (Å²) >= 11 is 1.70. The van der Waals surface area contributed by atoms with Crippen molar-refractivity contribution >= 4 is 17.2 Å². The number of amides is 1. The molecule has 0 aliphatic carbocycles. The lowest BCUT2D eigenvalue weighted by molar-refractivity contribution is -0.123. The van der Waals surface area contributed by atoms with Crippen molar-refractivity contribution in [3.05, 3.63) is 51.2 Å². The molecular weight excluding hydrogens is 370 g/mol. The molecule has 1 fully saturated rings. The third kappa shape index (κ3) is 5.34. The van der Waals surface area contributed by atoms with Crippen molar-refractivity contribution in [2.24, 2.45) is 0 Å². The highest BCUT2D eigenvalue weighted by atomic mass is 32.1. The van der Waals surface area contributed by atoms with Gasteiger partial charge < -0.3 is 15.0 Å². The van der Waals surface area contributed by atoms with Crippen LogP contribution < -0.4 is 10.1 Å². The normalized spacial score (nSPS) is 16.7. The number of rotatable bonds is 7. The van der Waals surface area contributed by atoms with Crippen molar-refractivity contribution in [3.63, 3.8) is 0 Å². The largest absolute Gasteiger partial charge is 0.483 e. The van der Waals surface area contributed by atoms with Gasteiger partial charge in [-0.25, -0.2) is 0 Å². The molecule has 5 nitrogen and oxygen atoms in total. The lowest BCUT2D eigenvalue weighted by atomic mass is 10.1. The number of carbonyl (C=O) groups is 1. The van der Waals surface area contributed by atoms with E-state index in [9.17, 15) is 4.79 Å². The molecule has 3 rings (SSSR count). The van der Waals surface area contributed by atoms with Gasteiger partial charge in [-0.1, -0.05) is 6.07 Å². The molecule has 2 heterocycles.